The molecule has 0 unspecified atom stereocenters. The summed E-state index contributed by atoms with van der Waals surface area (Å²) in [6, 6.07) is 14.0. The molecule has 0 spiro atoms. The second kappa shape index (κ2) is 9.23. The predicted octanol–water partition coefficient (Wildman–Crippen LogP) is 3.85. The maximum Gasteiger partial charge on any atom is 0.240 e. The summed E-state index contributed by atoms with van der Waals surface area (Å²) in [7, 11) is 0. The molecule has 1 amide bonds. The van der Waals surface area contributed by atoms with Crippen molar-refractivity contribution in [3.8, 4) is 0 Å². The van der Waals surface area contributed by atoms with Crippen LogP contribution in [0.5, 0.6) is 0 Å². The second-order valence-electron chi connectivity index (χ2n) is 7.13. The summed E-state index contributed by atoms with van der Waals surface area (Å²) in [6.07, 6.45) is 4.37. The van der Waals surface area contributed by atoms with Gasteiger partial charge in [-0.15, -0.1) is 0 Å². The van der Waals surface area contributed by atoms with Gasteiger partial charge in [-0.05, 0) is 48.0 Å². The number of nitrogens with zero attached hydrogens (tertiary/aromatic N) is 2. The highest BCUT2D eigenvalue weighted by Crippen LogP contribution is 2.19. The number of carbonyl (C=O) groups is 2. The van der Waals surface area contributed by atoms with Crippen molar-refractivity contribution in [2.24, 2.45) is 0 Å². The number of carbonyl (C=O) groups excluding carboxylic acids is 2. The maximum atomic E-state index is 13.1. The van der Waals surface area contributed by atoms with Crippen LogP contribution in [-0.2, 0) is 17.9 Å². The Kier molecular flexibility index (Phi) is 6.23. The van der Waals surface area contributed by atoms with Crippen LogP contribution in [0.15, 0.2) is 82.5 Å². The monoisotopic (exact) mass is 493 g/mol. The molecule has 2 aromatic heterocycles. The molecule has 0 radical (unpaired) electrons. The molecule has 1 N–H and O–H groups in total. The molecular formula is C24H17BrFN3O3. The topological polar surface area (TPSA) is 81.1 Å². The average molecular weight is 494 g/mol. The van der Waals surface area contributed by atoms with E-state index in [2.05, 4.69) is 26.2 Å². The molecule has 4 aromatic rings. The number of fused-ring (bicyclic) bond motifs is 1. The van der Waals surface area contributed by atoms with Crippen molar-refractivity contribution in [3.63, 3.8) is 0 Å². The summed E-state index contributed by atoms with van der Waals surface area (Å²) >= 11 is 3.36. The van der Waals surface area contributed by atoms with Crippen molar-refractivity contribution in [2.75, 3.05) is 0 Å². The van der Waals surface area contributed by atoms with Gasteiger partial charge in [0.05, 0.1) is 11.1 Å². The fourth-order valence-corrected chi connectivity index (χ4v) is 3.70. The molecule has 160 valence electrons. The molecule has 0 saturated carbocycles. The zero-order valence-electron chi connectivity index (χ0n) is 16.7. The van der Waals surface area contributed by atoms with Crippen LogP contribution in [0.2, 0.25) is 0 Å². The minimum Gasteiger partial charge on any atom is -0.350 e. The summed E-state index contributed by atoms with van der Waals surface area (Å²) in [5.74, 6) is -1.11. The van der Waals surface area contributed by atoms with Crippen LogP contribution in [0.4, 0.5) is 4.39 Å². The molecule has 0 aliphatic rings. The lowest BCUT2D eigenvalue weighted by atomic mass is 10.0. The Morgan fingerprint density at radius 3 is 2.47 bits per heavy atom. The van der Waals surface area contributed by atoms with Crippen molar-refractivity contribution in [3.05, 3.63) is 110 Å². The molecule has 0 aliphatic heterocycles. The van der Waals surface area contributed by atoms with Gasteiger partial charge >= 0.3 is 0 Å². The molecule has 32 heavy (non-hydrogen) atoms. The molecule has 0 fully saturated rings. The Balaban J connectivity index is 1.67. The Bertz CT molecular complexity index is 1370. The quantitative estimate of drug-likeness (QED) is 0.413. The number of hydrogen-bond acceptors (Lipinski definition) is 4. The van der Waals surface area contributed by atoms with E-state index < -0.39 is 11.2 Å². The lowest BCUT2D eigenvalue weighted by Crippen LogP contribution is -2.29. The zero-order chi connectivity index (χ0) is 22.7. The van der Waals surface area contributed by atoms with Gasteiger partial charge in [0, 0.05) is 40.6 Å². The first-order valence-electron chi connectivity index (χ1n) is 9.71. The maximum absolute atomic E-state index is 13.1. The normalized spacial score (nSPS) is 10.8. The molecule has 0 atom stereocenters. The Morgan fingerprint density at radius 2 is 1.75 bits per heavy atom. The molecule has 4 rings (SSSR count). The van der Waals surface area contributed by atoms with Crippen LogP contribution in [0.1, 0.15) is 21.5 Å². The average Bonchev–Trinajstić information content (AvgIpc) is 2.80. The number of benzene rings is 2. The van der Waals surface area contributed by atoms with Crippen LogP contribution >= 0.6 is 15.9 Å². The van der Waals surface area contributed by atoms with Gasteiger partial charge < -0.3 is 9.88 Å². The molecule has 0 aliphatic carbocycles. The molecule has 6 nitrogen and oxygen atoms in total. The number of rotatable bonds is 6. The summed E-state index contributed by atoms with van der Waals surface area (Å²) in [5.41, 5.74) is 1.17. The second-order valence-corrected chi connectivity index (χ2v) is 8.05. The molecule has 2 heterocycles. The summed E-state index contributed by atoms with van der Waals surface area (Å²) in [4.78, 5) is 42.6. The van der Waals surface area contributed by atoms with Crippen molar-refractivity contribution in [1.29, 1.82) is 0 Å². The van der Waals surface area contributed by atoms with E-state index in [1.54, 1.807) is 34.9 Å². The number of halogens is 2. The molecule has 8 heteroatoms. The van der Waals surface area contributed by atoms with Crippen molar-refractivity contribution in [2.45, 2.75) is 13.1 Å². The van der Waals surface area contributed by atoms with E-state index in [4.69, 9.17) is 0 Å². The fourth-order valence-electron chi connectivity index (χ4n) is 3.33. The van der Waals surface area contributed by atoms with Crippen LogP contribution in [-0.4, -0.2) is 21.2 Å². The molecule has 0 saturated heterocycles. The largest absolute Gasteiger partial charge is 0.350 e. The third-order valence-corrected chi connectivity index (χ3v) is 5.44. The number of aromatic nitrogens is 2. The van der Waals surface area contributed by atoms with E-state index in [0.717, 1.165) is 5.56 Å². The van der Waals surface area contributed by atoms with E-state index in [9.17, 15) is 18.8 Å². The Morgan fingerprint density at radius 1 is 1.03 bits per heavy atom. The van der Waals surface area contributed by atoms with Crippen LogP contribution < -0.4 is 10.7 Å². The summed E-state index contributed by atoms with van der Waals surface area (Å²) < 4.78 is 15.3. The van der Waals surface area contributed by atoms with E-state index in [1.807, 2.05) is 0 Å². The van der Waals surface area contributed by atoms with Crippen LogP contribution in [0.3, 0.4) is 0 Å². The van der Waals surface area contributed by atoms with E-state index >= 15 is 0 Å². The minimum absolute atomic E-state index is 0.0341. The first-order valence-corrected chi connectivity index (χ1v) is 10.5. The predicted molar refractivity (Wildman–Crippen MR) is 122 cm³/mol. The van der Waals surface area contributed by atoms with Gasteiger partial charge in [-0.1, -0.05) is 28.1 Å². The van der Waals surface area contributed by atoms with Gasteiger partial charge in [-0.3, -0.25) is 19.4 Å². The highest BCUT2D eigenvalue weighted by Gasteiger charge is 2.18. The first-order chi connectivity index (χ1) is 15.4. The van der Waals surface area contributed by atoms with Crippen molar-refractivity contribution >= 4 is 38.5 Å². The fraction of sp³-hybridized carbons (Fsp3) is 0.0833. The van der Waals surface area contributed by atoms with Crippen LogP contribution in [0, 0.1) is 5.82 Å². The number of nitrogens with one attached hydrogen (secondary N) is 1. The van der Waals surface area contributed by atoms with Crippen LogP contribution in [0.25, 0.3) is 10.9 Å². The van der Waals surface area contributed by atoms with Crippen molar-refractivity contribution in [1.82, 2.24) is 14.9 Å². The van der Waals surface area contributed by atoms with Gasteiger partial charge in [0.1, 0.15) is 12.4 Å². The third-order valence-electron chi connectivity index (χ3n) is 4.95. The number of amides is 1. The molecule has 0 bridgehead atoms. The Labute approximate surface area is 190 Å². The smallest absolute Gasteiger partial charge is 0.240 e. The van der Waals surface area contributed by atoms with Gasteiger partial charge in [0.2, 0.25) is 11.3 Å². The summed E-state index contributed by atoms with van der Waals surface area (Å²) in [6.45, 7) is 0.127. The number of ketones is 1. The van der Waals surface area contributed by atoms with Gasteiger partial charge in [0.15, 0.2) is 5.78 Å². The molecule has 2 aromatic carbocycles. The standard InChI is InChI=1S/C24H17BrFN3O3/c25-17-3-6-21-19(11-17)24(32)20(23(31)16-7-9-27-10-8-16)13-29(21)14-22(30)28-12-15-1-4-18(26)5-2-15/h1-11,13H,12,14H2,(H,28,30). The third kappa shape index (κ3) is 4.65. The van der Waals surface area contributed by atoms with Crippen molar-refractivity contribution < 1.29 is 14.0 Å². The SMILES string of the molecule is O=C(Cn1cc(C(=O)c2ccncc2)c(=O)c2cc(Br)ccc21)NCc1ccc(F)cc1. The zero-order valence-corrected chi connectivity index (χ0v) is 18.3. The Hall–Kier alpha value is -3.65. The number of hydrogen-bond donors (Lipinski definition) is 1. The van der Waals surface area contributed by atoms with E-state index in [0.29, 0.717) is 20.9 Å². The van der Waals surface area contributed by atoms with Gasteiger partial charge in [-0.25, -0.2) is 4.39 Å². The minimum atomic E-state index is -0.445. The van der Waals surface area contributed by atoms with E-state index in [1.165, 1.54) is 42.9 Å². The number of pyridine rings is 2. The highest BCUT2D eigenvalue weighted by atomic mass is 79.9. The molecular weight excluding hydrogens is 477 g/mol. The first kappa shape index (κ1) is 21.6. The lowest BCUT2D eigenvalue weighted by Gasteiger charge is -2.14. The summed E-state index contributed by atoms with van der Waals surface area (Å²) in [5, 5.41) is 3.10. The van der Waals surface area contributed by atoms with Gasteiger partial charge in [0.25, 0.3) is 0 Å². The lowest BCUT2D eigenvalue weighted by molar-refractivity contribution is -0.121. The highest BCUT2D eigenvalue weighted by molar-refractivity contribution is 9.10. The van der Waals surface area contributed by atoms with E-state index in [-0.39, 0.29) is 30.4 Å². The van der Waals surface area contributed by atoms with Gasteiger partial charge in [-0.2, -0.15) is 0 Å².